The first-order chi connectivity index (χ1) is 9.84. The molecule has 0 radical (unpaired) electrons. The van der Waals surface area contributed by atoms with Crippen LogP contribution in [-0.4, -0.2) is 19.8 Å². The lowest BCUT2D eigenvalue weighted by atomic mass is 10.2. The summed E-state index contributed by atoms with van der Waals surface area (Å²) in [5.74, 6) is 0. The molecule has 0 unspecified atom stereocenters. The van der Waals surface area contributed by atoms with Crippen molar-refractivity contribution in [2.75, 3.05) is 7.05 Å². The Morgan fingerprint density at radius 3 is 2.52 bits per heavy atom. The quantitative estimate of drug-likeness (QED) is 0.884. The Bertz CT molecular complexity index is 744. The van der Waals surface area contributed by atoms with Gasteiger partial charge in [-0.1, -0.05) is 29.3 Å². The molecule has 114 valence electrons. The highest BCUT2D eigenvalue weighted by atomic mass is 35.5. The van der Waals surface area contributed by atoms with Crippen molar-refractivity contribution in [2.45, 2.75) is 18.0 Å². The molecule has 2 rings (SSSR count). The van der Waals surface area contributed by atoms with E-state index in [1.807, 2.05) is 0 Å². The van der Waals surface area contributed by atoms with Crippen molar-refractivity contribution < 1.29 is 8.42 Å². The van der Waals surface area contributed by atoms with Crippen LogP contribution in [0, 0.1) is 0 Å². The third kappa shape index (κ3) is 3.77. The van der Waals surface area contributed by atoms with Crippen LogP contribution in [0.4, 0.5) is 0 Å². The third-order valence-electron chi connectivity index (χ3n) is 2.93. The van der Waals surface area contributed by atoms with E-state index in [4.69, 9.17) is 28.9 Å². The van der Waals surface area contributed by atoms with Gasteiger partial charge in [0.05, 0.1) is 9.36 Å². The van der Waals surface area contributed by atoms with E-state index in [9.17, 15) is 8.42 Å². The van der Waals surface area contributed by atoms with Gasteiger partial charge < -0.3 is 5.73 Å². The van der Waals surface area contributed by atoms with Crippen molar-refractivity contribution in [2.24, 2.45) is 5.73 Å². The van der Waals surface area contributed by atoms with Crippen molar-refractivity contribution >= 4 is 44.6 Å². The van der Waals surface area contributed by atoms with E-state index in [0.717, 1.165) is 4.88 Å². The Morgan fingerprint density at radius 1 is 1.24 bits per heavy atom. The predicted molar refractivity (Wildman–Crippen MR) is 87.3 cm³/mol. The zero-order chi connectivity index (χ0) is 15.6. The van der Waals surface area contributed by atoms with Crippen molar-refractivity contribution in [3.8, 4) is 0 Å². The van der Waals surface area contributed by atoms with Gasteiger partial charge in [-0.15, -0.1) is 11.3 Å². The minimum Gasteiger partial charge on any atom is -0.326 e. The molecule has 0 atom stereocenters. The topological polar surface area (TPSA) is 63.4 Å². The van der Waals surface area contributed by atoms with Crippen molar-refractivity contribution in [1.29, 1.82) is 0 Å². The molecule has 21 heavy (non-hydrogen) atoms. The molecule has 0 spiro atoms. The number of hydrogen-bond acceptors (Lipinski definition) is 4. The summed E-state index contributed by atoms with van der Waals surface area (Å²) >= 11 is 13.2. The molecule has 0 aliphatic heterocycles. The molecule has 2 aromatic rings. The van der Waals surface area contributed by atoms with Crippen molar-refractivity contribution in [3.63, 3.8) is 0 Å². The van der Waals surface area contributed by atoms with Gasteiger partial charge in [0.25, 0.3) is 0 Å². The van der Waals surface area contributed by atoms with E-state index in [-0.39, 0.29) is 23.0 Å². The molecular formula is C13H14Cl2N2O2S2. The number of nitrogens with zero attached hydrogens (tertiary/aromatic N) is 1. The summed E-state index contributed by atoms with van der Waals surface area (Å²) in [5, 5.41) is 0.184. The Kier molecular flexibility index (Phi) is 5.29. The van der Waals surface area contributed by atoms with Crippen LogP contribution in [0.5, 0.6) is 0 Å². The van der Waals surface area contributed by atoms with E-state index in [2.05, 4.69) is 0 Å². The average Bonchev–Trinajstić information content (AvgIpc) is 2.84. The lowest BCUT2D eigenvalue weighted by Gasteiger charge is -2.17. The fourth-order valence-electron chi connectivity index (χ4n) is 1.78. The average molecular weight is 365 g/mol. The molecule has 0 fully saturated rings. The monoisotopic (exact) mass is 364 g/mol. The summed E-state index contributed by atoms with van der Waals surface area (Å²) in [6.45, 7) is 0.493. The van der Waals surface area contributed by atoms with Crippen LogP contribution in [0.2, 0.25) is 9.36 Å². The molecule has 4 nitrogen and oxygen atoms in total. The van der Waals surface area contributed by atoms with E-state index >= 15 is 0 Å². The second kappa shape index (κ2) is 6.64. The van der Waals surface area contributed by atoms with Crippen LogP contribution in [0.3, 0.4) is 0 Å². The summed E-state index contributed by atoms with van der Waals surface area (Å²) in [5.41, 5.74) is 6.26. The molecule has 0 amide bonds. The number of nitrogens with two attached hydrogens (primary N) is 1. The van der Waals surface area contributed by atoms with E-state index in [1.165, 1.54) is 28.8 Å². The second-order valence-corrected chi connectivity index (χ2v) is 8.66. The van der Waals surface area contributed by atoms with Gasteiger partial charge in [-0.3, -0.25) is 0 Å². The summed E-state index contributed by atoms with van der Waals surface area (Å²) in [6, 6.07) is 8.31. The first-order valence-electron chi connectivity index (χ1n) is 6.03. The van der Waals surface area contributed by atoms with Crippen LogP contribution in [0.1, 0.15) is 10.4 Å². The summed E-state index contributed by atoms with van der Waals surface area (Å²) in [4.78, 5) is 0.925. The molecular weight excluding hydrogens is 351 g/mol. The maximum atomic E-state index is 12.6. The van der Waals surface area contributed by atoms with Gasteiger partial charge in [-0.2, -0.15) is 4.31 Å². The van der Waals surface area contributed by atoms with Gasteiger partial charge in [0.1, 0.15) is 4.90 Å². The number of benzene rings is 1. The number of hydrogen-bond donors (Lipinski definition) is 1. The standard InChI is InChI=1S/C13H14Cl2N2O2S2/c1-17(8-10-3-5-13(15)20-10)21(18,19)12-6-9(7-16)2-4-11(12)14/h2-6H,7-8,16H2,1H3. The fraction of sp³-hybridized carbons (Fsp3) is 0.231. The van der Waals surface area contributed by atoms with Crippen molar-refractivity contribution in [1.82, 2.24) is 4.31 Å². The number of sulfonamides is 1. The van der Waals surface area contributed by atoms with Gasteiger partial charge in [-0.25, -0.2) is 8.42 Å². The third-order valence-corrected chi connectivity index (χ3v) is 6.43. The molecule has 8 heteroatoms. The van der Waals surface area contributed by atoms with Gasteiger partial charge in [0.15, 0.2) is 0 Å². The van der Waals surface area contributed by atoms with E-state index in [1.54, 1.807) is 24.3 Å². The van der Waals surface area contributed by atoms with Gasteiger partial charge in [0.2, 0.25) is 10.0 Å². The smallest absolute Gasteiger partial charge is 0.244 e. The van der Waals surface area contributed by atoms with Gasteiger partial charge in [0, 0.05) is 25.0 Å². The SMILES string of the molecule is CN(Cc1ccc(Cl)s1)S(=O)(=O)c1cc(CN)ccc1Cl. The maximum Gasteiger partial charge on any atom is 0.244 e. The van der Waals surface area contributed by atoms with Crippen molar-refractivity contribution in [3.05, 3.63) is 50.1 Å². The van der Waals surface area contributed by atoms with Crippen LogP contribution in [0.25, 0.3) is 0 Å². The first-order valence-corrected chi connectivity index (χ1v) is 9.05. The largest absolute Gasteiger partial charge is 0.326 e. The number of halogens is 2. The Balaban J connectivity index is 2.32. The second-order valence-electron chi connectivity index (χ2n) is 4.44. The molecule has 0 aliphatic rings. The zero-order valence-corrected chi connectivity index (χ0v) is 14.4. The van der Waals surface area contributed by atoms with Gasteiger partial charge in [-0.05, 0) is 29.8 Å². The highest BCUT2D eigenvalue weighted by Gasteiger charge is 2.24. The summed E-state index contributed by atoms with van der Waals surface area (Å²) in [7, 11) is -2.17. The minimum atomic E-state index is -3.68. The molecule has 1 aromatic carbocycles. The van der Waals surface area contributed by atoms with Crippen LogP contribution >= 0.6 is 34.5 Å². The molecule has 2 N–H and O–H groups in total. The van der Waals surface area contributed by atoms with Crippen LogP contribution in [-0.2, 0) is 23.1 Å². The Hall–Kier alpha value is -0.630. The van der Waals surface area contributed by atoms with E-state index in [0.29, 0.717) is 9.90 Å². The van der Waals surface area contributed by atoms with Crippen LogP contribution in [0.15, 0.2) is 35.2 Å². The lowest BCUT2D eigenvalue weighted by molar-refractivity contribution is 0.469. The molecule has 0 aliphatic carbocycles. The molecule has 0 saturated carbocycles. The van der Waals surface area contributed by atoms with E-state index < -0.39 is 10.0 Å². The molecule has 0 bridgehead atoms. The van der Waals surface area contributed by atoms with Crippen LogP contribution < -0.4 is 5.73 Å². The maximum absolute atomic E-state index is 12.6. The Labute approximate surface area is 138 Å². The summed E-state index contributed by atoms with van der Waals surface area (Å²) < 4.78 is 27.1. The Morgan fingerprint density at radius 2 is 1.95 bits per heavy atom. The first kappa shape index (κ1) is 16.7. The molecule has 1 aromatic heterocycles. The normalized spacial score (nSPS) is 12.0. The van der Waals surface area contributed by atoms with Gasteiger partial charge >= 0.3 is 0 Å². The number of rotatable bonds is 5. The fourth-order valence-corrected chi connectivity index (χ4v) is 4.67. The molecule has 1 heterocycles. The minimum absolute atomic E-state index is 0.0669. The predicted octanol–water partition coefficient (Wildman–Crippen LogP) is 3.33. The molecule has 0 saturated heterocycles. The lowest BCUT2D eigenvalue weighted by Crippen LogP contribution is -2.26. The summed E-state index contributed by atoms with van der Waals surface area (Å²) in [6.07, 6.45) is 0. The number of thiophene rings is 1. The highest BCUT2D eigenvalue weighted by molar-refractivity contribution is 7.89. The zero-order valence-electron chi connectivity index (χ0n) is 11.2. The highest BCUT2D eigenvalue weighted by Crippen LogP contribution is 2.28.